The number of hydroxylamine groups is 2. The van der Waals surface area contributed by atoms with E-state index in [1.807, 2.05) is 6.92 Å². The standard InChI is InChI=1S/C9H16N2O2/c1-6(10)5-11-9(12)4-8(13-11)7-2-3-7/h6-8H,2-5,10H2,1H3. The molecule has 2 atom stereocenters. The van der Waals surface area contributed by atoms with Gasteiger partial charge in [-0.15, -0.1) is 0 Å². The first-order valence-electron chi connectivity index (χ1n) is 4.89. The molecule has 2 unspecified atom stereocenters. The molecule has 1 saturated heterocycles. The van der Waals surface area contributed by atoms with Crippen LogP contribution in [0.4, 0.5) is 0 Å². The fraction of sp³-hybridized carbons (Fsp3) is 0.889. The van der Waals surface area contributed by atoms with Crippen LogP contribution in [0.1, 0.15) is 26.2 Å². The molecule has 0 radical (unpaired) electrons. The number of rotatable bonds is 3. The number of carbonyl (C=O) groups is 1. The molecule has 2 aliphatic rings. The number of nitrogens with two attached hydrogens (primary N) is 1. The van der Waals surface area contributed by atoms with Gasteiger partial charge in [-0.25, -0.2) is 5.06 Å². The summed E-state index contributed by atoms with van der Waals surface area (Å²) in [5.74, 6) is 0.719. The molecule has 0 bridgehead atoms. The minimum Gasteiger partial charge on any atom is -0.326 e. The van der Waals surface area contributed by atoms with Crippen LogP contribution in [0.5, 0.6) is 0 Å². The highest BCUT2D eigenvalue weighted by Gasteiger charge is 2.41. The van der Waals surface area contributed by atoms with E-state index in [4.69, 9.17) is 10.6 Å². The Balaban J connectivity index is 1.87. The van der Waals surface area contributed by atoms with Gasteiger partial charge in [-0.1, -0.05) is 0 Å². The Morgan fingerprint density at radius 3 is 2.92 bits per heavy atom. The van der Waals surface area contributed by atoms with Gasteiger partial charge in [-0.2, -0.15) is 0 Å². The van der Waals surface area contributed by atoms with Crippen LogP contribution in [0.25, 0.3) is 0 Å². The van der Waals surface area contributed by atoms with E-state index < -0.39 is 0 Å². The number of amides is 1. The maximum Gasteiger partial charge on any atom is 0.248 e. The van der Waals surface area contributed by atoms with Gasteiger partial charge in [0.2, 0.25) is 5.91 Å². The van der Waals surface area contributed by atoms with Crippen LogP contribution in [-0.4, -0.2) is 29.7 Å². The number of hydrogen-bond acceptors (Lipinski definition) is 3. The molecule has 2 N–H and O–H groups in total. The smallest absolute Gasteiger partial charge is 0.248 e. The Hall–Kier alpha value is -0.610. The second-order valence-electron chi connectivity index (χ2n) is 4.12. The largest absolute Gasteiger partial charge is 0.326 e. The van der Waals surface area contributed by atoms with Gasteiger partial charge >= 0.3 is 0 Å². The van der Waals surface area contributed by atoms with Gasteiger partial charge in [0.15, 0.2) is 0 Å². The minimum atomic E-state index is -0.0121. The topological polar surface area (TPSA) is 55.6 Å². The van der Waals surface area contributed by atoms with Crippen LogP contribution >= 0.6 is 0 Å². The Morgan fingerprint density at radius 1 is 1.69 bits per heavy atom. The molecule has 1 aliphatic heterocycles. The summed E-state index contributed by atoms with van der Waals surface area (Å²) in [6.07, 6.45) is 3.12. The lowest BCUT2D eigenvalue weighted by atomic mass is 10.2. The van der Waals surface area contributed by atoms with E-state index >= 15 is 0 Å². The fourth-order valence-electron chi connectivity index (χ4n) is 1.66. The SMILES string of the molecule is CC(N)CN1OC(C2CC2)CC1=O. The number of nitrogens with zero attached hydrogens (tertiary/aromatic N) is 1. The normalized spacial score (nSPS) is 31.1. The van der Waals surface area contributed by atoms with Crippen molar-refractivity contribution in [1.82, 2.24) is 5.06 Å². The van der Waals surface area contributed by atoms with Gasteiger partial charge < -0.3 is 5.73 Å². The quantitative estimate of drug-likeness (QED) is 0.685. The highest BCUT2D eigenvalue weighted by molar-refractivity contribution is 5.77. The third-order valence-corrected chi connectivity index (χ3v) is 2.52. The minimum absolute atomic E-state index is 0.0121. The van der Waals surface area contributed by atoms with Crippen molar-refractivity contribution in [3.63, 3.8) is 0 Å². The van der Waals surface area contributed by atoms with Crippen LogP contribution in [0.15, 0.2) is 0 Å². The summed E-state index contributed by atoms with van der Waals surface area (Å²) < 4.78 is 0. The van der Waals surface area contributed by atoms with Crippen LogP contribution in [0.2, 0.25) is 0 Å². The molecule has 1 heterocycles. The van der Waals surface area contributed by atoms with Gasteiger partial charge in [-0.3, -0.25) is 9.63 Å². The van der Waals surface area contributed by atoms with Crippen LogP contribution in [0, 0.1) is 5.92 Å². The zero-order valence-electron chi connectivity index (χ0n) is 7.90. The zero-order valence-corrected chi connectivity index (χ0v) is 7.90. The highest BCUT2D eigenvalue weighted by Crippen LogP contribution is 2.38. The highest BCUT2D eigenvalue weighted by atomic mass is 16.7. The predicted molar refractivity (Wildman–Crippen MR) is 47.6 cm³/mol. The molecule has 13 heavy (non-hydrogen) atoms. The molecular weight excluding hydrogens is 168 g/mol. The number of hydrogen-bond donors (Lipinski definition) is 1. The van der Waals surface area contributed by atoms with E-state index in [0.29, 0.717) is 18.9 Å². The van der Waals surface area contributed by atoms with Crippen molar-refractivity contribution in [2.75, 3.05) is 6.54 Å². The summed E-state index contributed by atoms with van der Waals surface area (Å²) >= 11 is 0. The Bertz CT molecular complexity index is 214. The molecule has 0 aromatic rings. The Labute approximate surface area is 78.0 Å². The first kappa shape index (κ1) is 8.97. The predicted octanol–water partition coefficient (Wildman–Crippen LogP) is 0.276. The first-order valence-corrected chi connectivity index (χ1v) is 4.89. The van der Waals surface area contributed by atoms with E-state index in [1.54, 1.807) is 0 Å². The van der Waals surface area contributed by atoms with E-state index in [0.717, 1.165) is 0 Å². The summed E-state index contributed by atoms with van der Waals surface area (Å²) in [5, 5.41) is 1.44. The van der Waals surface area contributed by atoms with Crippen molar-refractivity contribution in [3.8, 4) is 0 Å². The molecular formula is C9H16N2O2. The summed E-state index contributed by atoms with van der Waals surface area (Å²) in [7, 11) is 0. The lowest BCUT2D eigenvalue weighted by Crippen LogP contribution is -2.35. The summed E-state index contributed by atoms with van der Waals surface area (Å²) in [6.45, 7) is 2.39. The molecule has 4 heteroatoms. The molecule has 74 valence electrons. The second kappa shape index (κ2) is 3.27. The number of carbonyl (C=O) groups excluding carboxylic acids is 1. The van der Waals surface area contributed by atoms with Crippen molar-refractivity contribution in [1.29, 1.82) is 0 Å². The first-order chi connectivity index (χ1) is 6.16. The molecule has 4 nitrogen and oxygen atoms in total. The van der Waals surface area contributed by atoms with E-state index in [2.05, 4.69) is 0 Å². The summed E-state index contributed by atoms with van der Waals surface area (Å²) in [4.78, 5) is 16.9. The van der Waals surface area contributed by atoms with Gasteiger partial charge in [0.25, 0.3) is 0 Å². The Kier molecular flexibility index (Phi) is 2.26. The molecule has 0 aromatic carbocycles. The molecule has 1 saturated carbocycles. The molecule has 2 fully saturated rings. The van der Waals surface area contributed by atoms with Crippen LogP contribution in [0.3, 0.4) is 0 Å². The average molecular weight is 184 g/mol. The van der Waals surface area contributed by atoms with Gasteiger partial charge in [0.1, 0.15) is 0 Å². The van der Waals surface area contributed by atoms with Gasteiger partial charge in [0, 0.05) is 6.04 Å². The van der Waals surface area contributed by atoms with E-state index in [9.17, 15) is 4.79 Å². The fourth-order valence-corrected chi connectivity index (χ4v) is 1.66. The molecule has 0 aromatic heterocycles. The van der Waals surface area contributed by atoms with Crippen LogP contribution in [-0.2, 0) is 9.63 Å². The van der Waals surface area contributed by atoms with Crippen molar-refractivity contribution >= 4 is 5.91 Å². The second-order valence-corrected chi connectivity index (χ2v) is 4.12. The van der Waals surface area contributed by atoms with Crippen LogP contribution < -0.4 is 5.73 Å². The van der Waals surface area contributed by atoms with Crippen molar-refractivity contribution in [3.05, 3.63) is 0 Å². The van der Waals surface area contributed by atoms with E-state index in [-0.39, 0.29) is 18.1 Å². The van der Waals surface area contributed by atoms with Crippen molar-refractivity contribution in [2.45, 2.75) is 38.3 Å². The molecule has 2 rings (SSSR count). The van der Waals surface area contributed by atoms with Crippen molar-refractivity contribution in [2.24, 2.45) is 11.7 Å². The van der Waals surface area contributed by atoms with Crippen molar-refractivity contribution < 1.29 is 9.63 Å². The molecule has 1 amide bonds. The lowest BCUT2D eigenvalue weighted by molar-refractivity contribution is -0.176. The summed E-state index contributed by atoms with van der Waals surface area (Å²) in [5.41, 5.74) is 5.60. The van der Waals surface area contributed by atoms with E-state index in [1.165, 1.54) is 17.9 Å². The van der Waals surface area contributed by atoms with Gasteiger partial charge in [-0.05, 0) is 25.7 Å². The monoisotopic (exact) mass is 184 g/mol. The molecule has 0 spiro atoms. The zero-order chi connectivity index (χ0) is 9.42. The average Bonchev–Trinajstić information content (AvgIpc) is 2.79. The lowest BCUT2D eigenvalue weighted by Gasteiger charge is -2.17. The Morgan fingerprint density at radius 2 is 2.38 bits per heavy atom. The molecule has 1 aliphatic carbocycles. The third-order valence-electron chi connectivity index (χ3n) is 2.52. The maximum atomic E-state index is 11.4. The third kappa shape index (κ3) is 2.00. The summed E-state index contributed by atoms with van der Waals surface area (Å²) in [6, 6.07) is -0.0121. The van der Waals surface area contributed by atoms with Gasteiger partial charge in [0.05, 0.1) is 19.1 Å². The maximum absolute atomic E-state index is 11.4.